The van der Waals surface area contributed by atoms with Crippen LogP contribution in [0.2, 0.25) is 5.02 Å². The Morgan fingerprint density at radius 2 is 1.74 bits per heavy atom. The summed E-state index contributed by atoms with van der Waals surface area (Å²) in [5, 5.41) is 7.10. The summed E-state index contributed by atoms with van der Waals surface area (Å²) < 4.78 is 0. The highest BCUT2D eigenvalue weighted by Crippen LogP contribution is 2.20. The minimum atomic E-state index is -0.713. The zero-order valence-corrected chi connectivity index (χ0v) is 16.0. The van der Waals surface area contributed by atoms with Gasteiger partial charge in [0.2, 0.25) is 5.91 Å². The second-order valence-corrected chi connectivity index (χ2v) is 7.14. The van der Waals surface area contributed by atoms with E-state index >= 15 is 0 Å². The van der Waals surface area contributed by atoms with E-state index in [0.29, 0.717) is 17.0 Å². The average Bonchev–Trinajstić information content (AvgIpc) is 3.04. The molecule has 27 heavy (non-hydrogen) atoms. The van der Waals surface area contributed by atoms with Crippen LogP contribution in [0.4, 0.5) is 0 Å². The Labute approximate surface area is 163 Å². The van der Waals surface area contributed by atoms with E-state index in [9.17, 15) is 9.59 Å². The molecule has 1 aromatic heterocycles. The molecule has 6 heteroatoms. The summed E-state index contributed by atoms with van der Waals surface area (Å²) in [6.45, 7) is 3.77. The molecule has 2 aromatic carbocycles. The molecule has 1 atom stereocenters. The molecule has 140 valence electrons. The van der Waals surface area contributed by atoms with Crippen LogP contribution in [0.15, 0.2) is 54.7 Å². The lowest BCUT2D eigenvalue weighted by atomic mass is 10.0. The number of rotatable bonds is 6. The number of carbonyl (C=O) groups is 2. The number of carbonyl (C=O) groups excluding carboxylic acids is 2. The highest BCUT2D eigenvalue weighted by atomic mass is 35.5. The second kappa shape index (κ2) is 8.27. The van der Waals surface area contributed by atoms with E-state index in [1.165, 1.54) is 0 Å². The van der Waals surface area contributed by atoms with Gasteiger partial charge in [-0.2, -0.15) is 0 Å². The van der Waals surface area contributed by atoms with Gasteiger partial charge in [0.05, 0.1) is 10.6 Å². The van der Waals surface area contributed by atoms with Crippen molar-refractivity contribution in [2.24, 2.45) is 0 Å². The number of H-pyrrole nitrogens is 1. The van der Waals surface area contributed by atoms with Crippen LogP contribution in [0.25, 0.3) is 10.9 Å². The van der Waals surface area contributed by atoms with Crippen LogP contribution in [0.3, 0.4) is 0 Å². The fraction of sp³-hybridized carbons (Fsp3) is 0.238. The summed E-state index contributed by atoms with van der Waals surface area (Å²) in [7, 11) is 0. The van der Waals surface area contributed by atoms with Gasteiger partial charge in [-0.05, 0) is 37.6 Å². The molecule has 0 fully saturated rings. The van der Waals surface area contributed by atoms with Crippen molar-refractivity contribution in [3.63, 3.8) is 0 Å². The van der Waals surface area contributed by atoms with Crippen molar-refractivity contribution < 1.29 is 9.59 Å². The molecule has 0 spiro atoms. The maximum absolute atomic E-state index is 12.7. The Balaban J connectivity index is 1.86. The summed E-state index contributed by atoms with van der Waals surface area (Å²) >= 11 is 6.12. The van der Waals surface area contributed by atoms with E-state index in [0.717, 1.165) is 16.5 Å². The number of fused-ring (bicyclic) bond motifs is 1. The van der Waals surface area contributed by atoms with Gasteiger partial charge in [-0.25, -0.2) is 0 Å². The Hall–Kier alpha value is -2.79. The first kappa shape index (κ1) is 19.0. The summed E-state index contributed by atoms with van der Waals surface area (Å²) in [4.78, 5) is 28.6. The normalized spacial score (nSPS) is 12.1. The van der Waals surface area contributed by atoms with Gasteiger partial charge in [0.15, 0.2) is 0 Å². The summed E-state index contributed by atoms with van der Waals surface area (Å²) in [6, 6.07) is 13.9. The third-order valence-corrected chi connectivity index (χ3v) is 4.60. The lowest BCUT2D eigenvalue weighted by Gasteiger charge is -2.20. The molecule has 2 amide bonds. The largest absolute Gasteiger partial charge is 0.361 e. The average molecular weight is 384 g/mol. The third-order valence-electron chi connectivity index (χ3n) is 4.27. The van der Waals surface area contributed by atoms with Gasteiger partial charge in [-0.3, -0.25) is 9.59 Å². The van der Waals surface area contributed by atoms with Crippen molar-refractivity contribution >= 4 is 34.3 Å². The van der Waals surface area contributed by atoms with Crippen LogP contribution in [-0.4, -0.2) is 28.9 Å². The highest BCUT2D eigenvalue weighted by molar-refractivity contribution is 6.33. The molecule has 3 aromatic rings. The molecule has 3 N–H and O–H groups in total. The zero-order valence-electron chi connectivity index (χ0n) is 15.3. The van der Waals surface area contributed by atoms with E-state index < -0.39 is 6.04 Å². The van der Waals surface area contributed by atoms with Gasteiger partial charge in [0.1, 0.15) is 6.04 Å². The van der Waals surface area contributed by atoms with Crippen molar-refractivity contribution in [2.75, 3.05) is 0 Å². The number of benzene rings is 2. The van der Waals surface area contributed by atoms with Crippen LogP contribution in [0.1, 0.15) is 29.8 Å². The molecule has 0 aliphatic heterocycles. The lowest BCUT2D eigenvalue weighted by molar-refractivity contribution is -0.123. The number of para-hydroxylation sites is 1. The van der Waals surface area contributed by atoms with Crippen molar-refractivity contribution in [3.8, 4) is 0 Å². The van der Waals surface area contributed by atoms with Crippen molar-refractivity contribution in [1.29, 1.82) is 0 Å². The first-order valence-corrected chi connectivity index (χ1v) is 9.24. The second-order valence-electron chi connectivity index (χ2n) is 6.73. The molecule has 3 rings (SSSR count). The molecule has 0 unspecified atom stereocenters. The van der Waals surface area contributed by atoms with Gasteiger partial charge >= 0.3 is 0 Å². The van der Waals surface area contributed by atoms with E-state index in [4.69, 9.17) is 11.6 Å². The van der Waals surface area contributed by atoms with Crippen LogP contribution < -0.4 is 10.6 Å². The minimum absolute atomic E-state index is 0.0276. The molecule has 0 aliphatic rings. The smallest absolute Gasteiger partial charge is 0.253 e. The third kappa shape index (κ3) is 4.49. The zero-order chi connectivity index (χ0) is 19.4. The van der Waals surface area contributed by atoms with Crippen LogP contribution in [0, 0.1) is 0 Å². The van der Waals surface area contributed by atoms with Crippen molar-refractivity contribution in [1.82, 2.24) is 15.6 Å². The molecule has 0 bridgehead atoms. The lowest BCUT2D eigenvalue weighted by Crippen LogP contribution is -2.49. The number of hydrogen-bond acceptors (Lipinski definition) is 2. The molecule has 0 aliphatic carbocycles. The Kier molecular flexibility index (Phi) is 5.81. The summed E-state index contributed by atoms with van der Waals surface area (Å²) in [6.07, 6.45) is 2.25. The quantitative estimate of drug-likeness (QED) is 0.607. The molecule has 0 radical (unpaired) electrons. The number of amides is 2. The SMILES string of the molecule is CC(C)NC(=O)[C@H](Cc1c[nH]c2ccccc12)NC(=O)c1ccccc1Cl. The first-order chi connectivity index (χ1) is 13.0. The molecule has 0 saturated heterocycles. The highest BCUT2D eigenvalue weighted by Gasteiger charge is 2.24. The number of halogens is 1. The number of aromatic nitrogens is 1. The fourth-order valence-corrected chi connectivity index (χ4v) is 3.22. The first-order valence-electron chi connectivity index (χ1n) is 8.86. The maximum atomic E-state index is 12.7. The number of nitrogens with one attached hydrogen (secondary N) is 3. The van der Waals surface area contributed by atoms with Gasteiger partial charge in [0.25, 0.3) is 5.91 Å². The van der Waals surface area contributed by atoms with Crippen molar-refractivity contribution in [3.05, 3.63) is 70.9 Å². The van der Waals surface area contributed by atoms with Gasteiger partial charge in [0, 0.05) is 29.6 Å². The summed E-state index contributed by atoms with van der Waals surface area (Å²) in [5.74, 6) is -0.597. The Bertz CT molecular complexity index is 965. The van der Waals surface area contributed by atoms with Crippen LogP contribution >= 0.6 is 11.6 Å². The number of hydrogen-bond donors (Lipinski definition) is 3. The minimum Gasteiger partial charge on any atom is -0.361 e. The molecule has 5 nitrogen and oxygen atoms in total. The predicted octanol–water partition coefficient (Wildman–Crippen LogP) is 3.69. The topological polar surface area (TPSA) is 74.0 Å². The van der Waals surface area contributed by atoms with Gasteiger partial charge in [-0.1, -0.05) is 41.9 Å². The van der Waals surface area contributed by atoms with Gasteiger partial charge in [-0.15, -0.1) is 0 Å². The molecule has 0 saturated carbocycles. The maximum Gasteiger partial charge on any atom is 0.253 e. The van der Waals surface area contributed by atoms with E-state index in [2.05, 4.69) is 15.6 Å². The van der Waals surface area contributed by atoms with E-state index in [1.54, 1.807) is 24.3 Å². The fourth-order valence-electron chi connectivity index (χ4n) is 3.00. The van der Waals surface area contributed by atoms with Crippen molar-refractivity contribution in [2.45, 2.75) is 32.4 Å². The molecule has 1 heterocycles. The Morgan fingerprint density at radius 3 is 2.48 bits per heavy atom. The monoisotopic (exact) mass is 383 g/mol. The van der Waals surface area contributed by atoms with Crippen LogP contribution in [0.5, 0.6) is 0 Å². The number of aromatic amines is 1. The van der Waals surface area contributed by atoms with E-state index in [1.807, 2.05) is 44.3 Å². The van der Waals surface area contributed by atoms with Gasteiger partial charge < -0.3 is 15.6 Å². The van der Waals surface area contributed by atoms with E-state index in [-0.39, 0.29) is 17.9 Å². The summed E-state index contributed by atoms with van der Waals surface area (Å²) in [5.41, 5.74) is 2.31. The van der Waals surface area contributed by atoms with Crippen LogP contribution in [-0.2, 0) is 11.2 Å². The predicted molar refractivity (Wildman–Crippen MR) is 108 cm³/mol. The molecular formula is C21H22ClN3O2. The Morgan fingerprint density at radius 1 is 1.04 bits per heavy atom. The standard InChI is InChI=1S/C21H22ClN3O2/c1-13(2)24-21(27)19(25-20(26)16-8-3-5-9-17(16)22)11-14-12-23-18-10-6-4-7-15(14)18/h3-10,12-13,19,23H,11H2,1-2H3,(H,24,27)(H,25,26)/t19-/m0/s1. The molecular weight excluding hydrogens is 362 g/mol.